The van der Waals surface area contributed by atoms with E-state index < -0.39 is 0 Å². The molecule has 3 heterocycles. The molecule has 3 N–H and O–H groups in total. The predicted octanol–water partition coefficient (Wildman–Crippen LogP) is 3.67. The van der Waals surface area contributed by atoms with Crippen LogP contribution in [0.5, 0.6) is 11.5 Å². The van der Waals surface area contributed by atoms with Crippen LogP contribution in [0, 0.1) is 18.3 Å². The average molecular weight is 416 g/mol. The molecule has 0 saturated carbocycles. The molecule has 2 aromatic heterocycles. The van der Waals surface area contributed by atoms with E-state index in [-0.39, 0.29) is 17.1 Å². The lowest BCUT2D eigenvalue weighted by Crippen LogP contribution is -2.31. The smallest absolute Gasteiger partial charge is 0.225 e. The van der Waals surface area contributed by atoms with Crippen molar-refractivity contribution in [2.75, 3.05) is 30.8 Å². The summed E-state index contributed by atoms with van der Waals surface area (Å²) in [5, 5.41) is 19.7. The number of nitriles is 1. The molecule has 31 heavy (non-hydrogen) atoms. The highest BCUT2D eigenvalue weighted by Gasteiger charge is 2.20. The number of piperidine rings is 1. The molecule has 1 aliphatic rings. The first-order valence-electron chi connectivity index (χ1n) is 10.2. The number of ether oxygens (including phenoxy) is 1. The van der Waals surface area contributed by atoms with Crippen molar-refractivity contribution < 1.29 is 9.84 Å². The molecule has 0 unspecified atom stereocenters. The second-order valence-electron chi connectivity index (χ2n) is 7.53. The minimum Gasteiger partial charge on any atom is -0.508 e. The van der Waals surface area contributed by atoms with Crippen LogP contribution < -0.4 is 15.4 Å². The van der Waals surface area contributed by atoms with E-state index in [1.54, 1.807) is 24.4 Å². The number of aromatic nitrogens is 3. The van der Waals surface area contributed by atoms with Crippen LogP contribution in [-0.4, -0.2) is 40.3 Å². The van der Waals surface area contributed by atoms with Gasteiger partial charge in [-0.1, -0.05) is 0 Å². The maximum atomic E-state index is 10.0. The molecule has 0 aliphatic carbocycles. The summed E-state index contributed by atoms with van der Waals surface area (Å²) in [7, 11) is 1.53. The number of rotatable bonds is 4. The summed E-state index contributed by atoms with van der Waals surface area (Å²) < 4.78 is 5.43. The quantitative estimate of drug-likeness (QED) is 0.661. The first-order valence-corrected chi connectivity index (χ1v) is 10.2. The van der Waals surface area contributed by atoms with Crippen molar-refractivity contribution in [3.63, 3.8) is 0 Å². The Labute approximate surface area is 181 Å². The number of nitrogen functional groups attached to an aromatic ring is 1. The Hall–Kier alpha value is -3.86. The molecule has 1 fully saturated rings. The summed E-state index contributed by atoms with van der Waals surface area (Å²) >= 11 is 0. The number of aryl methyl sites for hydroxylation is 1. The third-order valence-electron chi connectivity index (χ3n) is 5.51. The van der Waals surface area contributed by atoms with Gasteiger partial charge in [-0.2, -0.15) is 5.26 Å². The van der Waals surface area contributed by atoms with Gasteiger partial charge in [0.15, 0.2) is 0 Å². The molecule has 4 rings (SSSR count). The molecule has 0 spiro atoms. The van der Waals surface area contributed by atoms with E-state index in [1.165, 1.54) is 19.6 Å². The number of nitrogens with zero attached hydrogens (tertiary/aromatic N) is 5. The summed E-state index contributed by atoms with van der Waals surface area (Å²) in [5.74, 6) is 1.39. The summed E-state index contributed by atoms with van der Waals surface area (Å²) in [6, 6.07) is 8.59. The van der Waals surface area contributed by atoms with Gasteiger partial charge in [-0.05, 0) is 50.5 Å². The number of pyridine rings is 1. The number of phenols is 1. The minimum atomic E-state index is 0.0574. The van der Waals surface area contributed by atoms with Gasteiger partial charge < -0.3 is 20.5 Å². The van der Waals surface area contributed by atoms with Gasteiger partial charge in [0.05, 0.1) is 18.5 Å². The van der Waals surface area contributed by atoms with Crippen LogP contribution >= 0.6 is 0 Å². The van der Waals surface area contributed by atoms with E-state index in [2.05, 4.69) is 20.9 Å². The van der Waals surface area contributed by atoms with Gasteiger partial charge in [0.25, 0.3) is 0 Å². The van der Waals surface area contributed by atoms with Crippen molar-refractivity contribution in [1.82, 2.24) is 15.0 Å². The fourth-order valence-electron chi connectivity index (χ4n) is 3.89. The maximum Gasteiger partial charge on any atom is 0.225 e. The van der Waals surface area contributed by atoms with Crippen LogP contribution in [0.3, 0.4) is 0 Å². The predicted molar refractivity (Wildman–Crippen MR) is 119 cm³/mol. The van der Waals surface area contributed by atoms with Crippen LogP contribution in [0.2, 0.25) is 0 Å². The van der Waals surface area contributed by atoms with Crippen LogP contribution in [0.1, 0.15) is 30.5 Å². The zero-order valence-corrected chi connectivity index (χ0v) is 17.6. The summed E-state index contributed by atoms with van der Waals surface area (Å²) in [6.45, 7) is 3.83. The van der Waals surface area contributed by atoms with E-state index >= 15 is 0 Å². The van der Waals surface area contributed by atoms with Crippen molar-refractivity contribution in [1.29, 1.82) is 5.26 Å². The van der Waals surface area contributed by atoms with Crippen LogP contribution in [0.4, 0.5) is 11.8 Å². The molecule has 1 saturated heterocycles. The van der Waals surface area contributed by atoms with Crippen molar-refractivity contribution in [2.24, 2.45) is 0 Å². The fraction of sp³-hybridized carbons (Fsp3) is 0.304. The highest BCUT2D eigenvalue weighted by Crippen LogP contribution is 2.38. The first kappa shape index (κ1) is 20.4. The van der Waals surface area contributed by atoms with Crippen molar-refractivity contribution in [3.05, 3.63) is 41.7 Å². The summed E-state index contributed by atoms with van der Waals surface area (Å²) in [5.41, 5.74) is 9.51. The molecule has 1 aromatic carbocycles. The van der Waals surface area contributed by atoms with E-state index in [0.717, 1.165) is 43.1 Å². The number of hydrogen-bond acceptors (Lipinski definition) is 8. The molecule has 0 bridgehead atoms. The van der Waals surface area contributed by atoms with Crippen LogP contribution in [0.25, 0.3) is 22.4 Å². The number of hydrogen-bond donors (Lipinski definition) is 2. The Balaban J connectivity index is 1.82. The lowest BCUT2D eigenvalue weighted by Gasteiger charge is -2.27. The SMILES string of the molecule is COc1ccc(O)cc1-c1cc(-c2cnc(N3CCCCC3)nc2C)nc(N)c1C#N. The van der Waals surface area contributed by atoms with E-state index in [4.69, 9.17) is 15.5 Å². The molecular weight excluding hydrogens is 392 g/mol. The zero-order chi connectivity index (χ0) is 22.0. The first-order chi connectivity index (χ1) is 15.0. The highest BCUT2D eigenvalue weighted by molar-refractivity contribution is 5.83. The third-order valence-corrected chi connectivity index (χ3v) is 5.51. The lowest BCUT2D eigenvalue weighted by molar-refractivity contribution is 0.414. The van der Waals surface area contributed by atoms with Crippen molar-refractivity contribution in [2.45, 2.75) is 26.2 Å². The minimum absolute atomic E-state index is 0.0574. The van der Waals surface area contributed by atoms with Gasteiger partial charge in [-0.15, -0.1) is 0 Å². The number of anilines is 2. The van der Waals surface area contributed by atoms with Gasteiger partial charge in [-0.3, -0.25) is 0 Å². The van der Waals surface area contributed by atoms with E-state index in [1.807, 2.05) is 6.92 Å². The number of aromatic hydroxyl groups is 1. The summed E-state index contributed by atoms with van der Waals surface area (Å²) in [4.78, 5) is 15.9. The topological polar surface area (TPSA) is 121 Å². The lowest BCUT2D eigenvalue weighted by atomic mass is 9.97. The highest BCUT2D eigenvalue weighted by atomic mass is 16.5. The van der Waals surface area contributed by atoms with E-state index in [0.29, 0.717) is 22.6 Å². The second-order valence-corrected chi connectivity index (χ2v) is 7.53. The Morgan fingerprint density at radius 3 is 2.55 bits per heavy atom. The van der Waals surface area contributed by atoms with Crippen LogP contribution in [0.15, 0.2) is 30.5 Å². The maximum absolute atomic E-state index is 10.0. The Morgan fingerprint density at radius 1 is 1.10 bits per heavy atom. The molecule has 1 aliphatic heterocycles. The van der Waals surface area contributed by atoms with Crippen molar-refractivity contribution >= 4 is 11.8 Å². The van der Waals surface area contributed by atoms with Gasteiger partial charge in [0.1, 0.15) is 28.9 Å². The summed E-state index contributed by atoms with van der Waals surface area (Å²) in [6.07, 6.45) is 5.28. The number of phenolic OH excluding ortho intramolecular Hbond substituents is 1. The normalized spacial score (nSPS) is 13.6. The molecule has 3 aromatic rings. The van der Waals surface area contributed by atoms with Crippen LogP contribution in [-0.2, 0) is 0 Å². The number of methoxy groups -OCH3 is 1. The third kappa shape index (κ3) is 3.94. The van der Waals surface area contributed by atoms with Gasteiger partial charge in [-0.25, -0.2) is 15.0 Å². The van der Waals surface area contributed by atoms with E-state index in [9.17, 15) is 10.4 Å². The van der Waals surface area contributed by atoms with Gasteiger partial charge in [0.2, 0.25) is 5.95 Å². The monoisotopic (exact) mass is 416 g/mol. The molecule has 158 valence electrons. The van der Waals surface area contributed by atoms with Gasteiger partial charge >= 0.3 is 0 Å². The van der Waals surface area contributed by atoms with Gasteiger partial charge in [0, 0.05) is 36.0 Å². The zero-order valence-electron chi connectivity index (χ0n) is 17.6. The second kappa shape index (κ2) is 8.48. The molecule has 8 nitrogen and oxygen atoms in total. The largest absolute Gasteiger partial charge is 0.508 e. The van der Waals surface area contributed by atoms with Crippen molar-refractivity contribution in [3.8, 4) is 40.0 Å². The Morgan fingerprint density at radius 2 is 1.87 bits per heavy atom. The number of benzene rings is 1. The molecule has 8 heteroatoms. The molecular formula is C23H24N6O2. The Bertz CT molecular complexity index is 1170. The number of nitrogens with two attached hydrogens (primary N) is 1. The standard InChI is InChI=1S/C23H24N6O2/c1-14-19(13-26-23(27-14)29-8-4-3-5-9-29)20-11-16(18(12-24)22(25)28-20)17-10-15(30)6-7-21(17)31-2/h6-7,10-11,13,30H,3-5,8-9H2,1-2H3,(H2,25,28). The molecule has 0 atom stereocenters. The molecule has 0 amide bonds. The Kier molecular flexibility index (Phi) is 5.58. The fourth-order valence-corrected chi connectivity index (χ4v) is 3.89. The average Bonchev–Trinajstić information content (AvgIpc) is 2.79. The molecule has 0 radical (unpaired) electrons.